The first-order valence-corrected chi connectivity index (χ1v) is 17.6. The van der Waals surface area contributed by atoms with Crippen molar-refractivity contribution in [3.63, 3.8) is 0 Å². The standard InChI is InChI=1S/C36H39BrFN3O5S/c1-4-26(3)39-36(43)34(23-27-10-7-6-8-11-27)40(24-28-12-9-13-29(37)22-28)35(42)25-41(31-16-18-32(19-17-31)46-5-2)47(44,45)33-20-14-30(38)15-21-33/h6-22,26,34H,4-5,23-25H2,1-3H3,(H,39,43)/t26-,34+/m0/s1. The Balaban J connectivity index is 1.81. The van der Waals surface area contributed by atoms with E-state index in [1.54, 1.807) is 24.3 Å². The summed E-state index contributed by atoms with van der Waals surface area (Å²) in [6.45, 7) is 5.51. The molecule has 8 nitrogen and oxygen atoms in total. The fourth-order valence-electron chi connectivity index (χ4n) is 4.96. The van der Waals surface area contributed by atoms with Crippen molar-refractivity contribution < 1.29 is 27.1 Å². The topological polar surface area (TPSA) is 96.0 Å². The van der Waals surface area contributed by atoms with Gasteiger partial charge in [0.05, 0.1) is 17.2 Å². The molecule has 1 N–H and O–H groups in total. The van der Waals surface area contributed by atoms with Crippen LogP contribution in [0.2, 0.25) is 0 Å². The Morgan fingerprint density at radius 1 is 0.894 bits per heavy atom. The molecule has 0 aliphatic heterocycles. The summed E-state index contributed by atoms with van der Waals surface area (Å²) in [6.07, 6.45) is 0.890. The van der Waals surface area contributed by atoms with Crippen LogP contribution in [-0.2, 0) is 32.6 Å². The van der Waals surface area contributed by atoms with Gasteiger partial charge in [-0.3, -0.25) is 13.9 Å². The maximum Gasteiger partial charge on any atom is 0.264 e. The molecule has 0 saturated heterocycles. The first-order chi connectivity index (χ1) is 22.5. The van der Waals surface area contributed by atoms with Gasteiger partial charge in [-0.15, -0.1) is 0 Å². The minimum absolute atomic E-state index is 0.0391. The average Bonchev–Trinajstić information content (AvgIpc) is 3.06. The first-order valence-electron chi connectivity index (χ1n) is 15.4. The highest BCUT2D eigenvalue weighted by molar-refractivity contribution is 9.10. The Morgan fingerprint density at radius 3 is 2.17 bits per heavy atom. The second-order valence-corrected chi connectivity index (χ2v) is 13.8. The van der Waals surface area contributed by atoms with Crippen molar-refractivity contribution in [2.24, 2.45) is 0 Å². The van der Waals surface area contributed by atoms with Gasteiger partial charge in [0.25, 0.3) is 10.0 Å². The molecule has 0 bridgehead atoms. The van der Waals surface area contributed by atoms with Gasteiger partial charge >= 0.3 is 0 Å². The molecule has 2 amide bonds. The zero-order valence-corrected chi connectivity index (χ0v) is 29.0. The minimum atomic E-state index is -4.36. The number of benzene rings is 4. The Hall–Kier alpha value is -4.22. The molecule has 4 rings (SSSR count). The van der Waals surface area contributed by atoms with E-state index >= 15 is 0 Å². The second-order valence-electron chi connectivity index (χ2n) is 11.1. The van der Waals surface area contributed by atoms with E-state index in [-0.39, 0.29) is 35.5 Å². The van der Waals surface area contributed by atoms with E-state index in [9.17, 15) is 22.4 Å². The van der Waals surface area contributed by atoms with Gasteiger partial charge in [0.2, 0.25) is 11.8 Å². The molecule has 248 valence electrons. The third kappa shape index (κ3) is 9.65. The number of carbonyl (C=O) groups excluding carboxylic acids is 2. The number of anilines is 1. The fraction of sp³-hybridized carbons (Fsp3) is 0.278. The minimum Gasteiger partial charge on any atom is -0.494 e. The SMILES string of the molecule is CCOc1ccc(N(CC(=O)N(Cc2cccc(Br)c2)[C@H](Cc2ccccc2)C(=O)N[C@@H](C)CC)S(=O)(=O)c2ccc(F)cc2)cc1. The number of hydrogen-bond acceptors (Lipinski definition) is 5. The number of hydrogen-bond donors (Lipinski definition) is 1. The van der Waals surface area contributed by atoms with Gasteiger partial charge in [-0.1, -0.05) is 65.3 Å². The molecule has 0 radical (unpaired) electrons. The Labute approximate surface area is 284 Å². The molecular formula is C36H39BrFN3O5S. The number of halogens is 2. The average molecular weight is 725 g/mol. The molecule has 0 unspecified atom stereocenters. The maximum atomic E-state index is 14.6. The van der Waals surface area contributed by atoms with Crippen LogP contribution in [0.15, 0.2) is 112 Å². The van der Waals surface area contributed by atoms with Crippen molar-refractivity contribution in [1.82, 2.24) is 10.2 Å². The highest BCUT2D eigenvalue weighted by Crippen LogP contribution is 2.27. The zero-order chi connectivity index (χ0) is 34.0. The molecule has 0 spiro atoms. The van der Waals surface area contributed by atoms with Crippen LogP contribution in [0.5, 0.6) is 5.75 Å². The third-order valence-corrected chi connectivity index (χ3v) is 9.91. The van der Waals surface area contributed by atoms with Crippen LogP contribution in [0.1, 0.15) is 38.3 Å². The molecule has 4 aromatic carbocycles. The molecule has 47 heavy (non-hydrogen) atoms. The molecule has 11 heteroatoms. The van der Waals surface area contributed by atoms with Gasteiger partial charge in [0.15, 0.2) is 0 Å². The van der Waals surface area contributed by atoms with Crippen LogP contribution in [-0.4, -0.2) is 50.4 Å². The molecule has 2 atom stereocenters. The van der Waals surface area contributed by atoms with Crippen LogP contribution in [0.25, 0.3) is 0 Å². The van der Waals surface area contributed by atoms with Crippen molar-refractivity contribution in [1.29, 1.82) is 0 Å². The zero-order valence-electron chi connectivity index (χ0n) is 26.6. The maximum absolute atomic E-state index is 14.6. The monoisotopic (exact) mass is 723 g/mol. The van der Waals surface area contributed by atoms with Gasteiger partial charge in [0.1, 0.15) is 24.2 Å². The van der Waals surface area contributed by atoms with E-state index in [0.29, 0.717) is 18.8 Å². The summed E-state index contributed by atoms with van der Waals surface area (Å²) in [7, 11) is -4.36. The lowest BCUT2D eigenvalue weighted by Gasteiger charge is -2.34. The number of carbonyl (C=O) groups is 2. The third-order valence-electron chi connectivity index (χ3n) is 7.63. The van der Waals surface area contributed by atoms with E-state index in [1.165, 1.54) is 4.90 Å². The van der Waals surface area contributed by atoms with Crippen molar-refractivity contribution in [3.05, 3.63) is 125 Å². The van der Waals surface area contributed by atoms with E-state index in [0.717, 1.165) is 44.2 Å². The Bertz CT molecular complexity index is 1740. The molecule has 0 saturated carbocycles. The normalized spacial score (nSPS) is 12.5. The van der Waals surface area contributed by atoms with E-state index in [4.69, 9.17) is 4.74 Å². The van der Waals surface area contributed by atoms with Crippen molar-refractivity contribution in [2.75, 3.05) is 17.5 Å². The summed E-state index contributed by atoms with van der Waals surface area (Å²) in [4.78, 5) is 29.7. The molecule has 0 aliphatic rings. The summed E-state index contributed by atoms with van der Waals surface area (Å²) in [6, 6.07) is 26.4. The van der Waals surface area contributed by atoms with E-state index < -0.39 is 34.3 Å². The summed E-state index contributed by atoms with van der Waals surface area (Å²) in [5, 5.41) is 3.02. The second kappa shape index (κ2) is 16.6. The van der Waals surface area contributed by atoms with Crippen molar-refractivity contribution in [3.8, 4) is 5.75 Å². The van der Waals surface area contributed by atoms with Gasteiger partial charge in [-0.2, -0.15) is 0 Å². The van der Waals surface area contributed by atoms with Crippen LogP contribution in [0.4, 0.5) is 10.1 Å². The summed E-state index contributed by atoms with van der Waals surface area (Å²) < 4.78 is 49.3. The highest BCUT2D eigenvalue weighted by atomic mass is 79.9. The summed E-state index contributed by atoms with van der Waals surface area (Å²) in [5.74, 6) is -1.00. The smallest absolute Gasteiger partial charge is 0.264 e. The van der Waals surface area contributed by atoms with Crippen molar-refractivity contribution >= 4 is 43.5 Å². The van der Waals surface area contributed by atoms with Crippen LogP contribution < -0.4 is 14.4 Å². The van der Waals surface area contributed by atoms with E-state index in [2.05, 4.69) is 21.2 Å². The van der Waals surface area contributed by atoms with Gasteiger partial charge in [-0.25, -0.2) is 12.8 Å². The lowest BCUT2D eigenvalue weighted by molar-refractivity contribution is -0.140. The fourth-order valence-corrected chi connectivity index (χ4v) is 6.83. The Kier molecular flexibility index (Phi) is 12.6. The lowest BCUT2D eigenvalue weighted by Crippen LogP contribution is -2.54. The van der Waals surface area contributed by atoms with Crippen LogP contribution >= 0.6 is 15.9 Å². The summed E-state index contributed by atoms with van der Waals surface area (Å²) >= 11 is 3.49. The number of amides is 2. The molecule has 0 heterocycles. The number of rotatable bonds is 15. The lowest BCUT2D eigenvalue weighted by atomic mass is 10.0. The molecule has 0 aromatic heterocycles. The molecule has 4 aromatic rings. The molecule has 0 aliphatic carbocycles. The molecular weight excluding hydrogens is 685 g/mol. The number of sulfonamides is 1. The van der Waals surface area contributed by atoms with Crippen LogP contribution in [0.3, 0.4) is 0 Å². The van der Waals surface area contributed by atoms with Crippen LogP contribution in [0, 0.1) is 5.82 Å². The highest BCUT2D eigenvalue weighted by Gasteiger charge is 2.35. The predicted octanol–water partition coefficient (Wildman–Crippen LogP) is 6.74. The number of ether oxygens (including phenoxy) is 1. The number of nitrogens with one attached hydrogen (secondary N) is 1. The predicted molar refractivity (Wildman–Crippen MR) is 185 cm³/mol. The largest absolute Gasteiger partial charge is 0.494 e. The van der Waals surface area contributed by atoms with E-state index in [1.807, 2.05) is 75.4 Å². The van der Waals surface area contributed by atoms with Gasteiger partial charge in [-0.05, 0) is 92.1 Å². The van der Waals surface area contributed by atoms with Crippen molar-refractivity contribution in [2.45, 2.75) is 57.1 Å². The summed E-state index contributed by atoms with van der Waals surface area (Å²) in [5.41, 5.74) is 1.79. The number of nitrogens with zero attached hydrogens (tertiary/aromatic N) is 2. The molecule has 0 fully saturated rings. The first kappa shape index (κ1) is 35.6. The van der Waals surface area contributed by atoms with Gasteiger partial charge < -0.3 is 15.0 Å². The van der Waals surface area contributed by atoms with Gasteiger partial charge in [0, 0.05) is 23.5 Å². The Morgan fingerprint density at radius 2 is 1.55 bits per heavy atom. The quantitative estimate of drug-likeness (QED) is 0.147.